The Morgan fingerprint density at radius 1 is 1.50 bits per heavy atom. The number of benzene rings is 1. The molecule has 1 aliphatic heterocycles. The van der Waals surface area contributed by atoms with Crippen LogP contribution in [0.15, 0.2) is 24.3 Å². The number of hydrogen-bond donors (Lipinski definition) is 1. The number of amides is 1. The van der Waals surface area contributed by atoms with Gasteiger partial charge in [-0.1, -0.05) is 18.2 Å². The topological polar surface area (TPSA) is 55.6 Å². The summed E-state index contributed by atoms with van der Waals surface area (Å²) in [5, 5.41) is 0. The van der Waals surface area contributed by atoms with Crippen molar-refractivity contribution in [3.8, 4) is 5.75 Å². The molecule has 18 heavy (non-hydrogen) atoms. The maximum Gasteiger partial charge on any atom is 0.239 e. The van der Waals surface area contributed by atoms with E-state index in [2.05, 4.69) is 0 Å². The lowest BCUT2D eigenvalue weighted by molar-refractivity contribution is -0.133. The van der Waals surface area contributed by atoms with Gasteiger partial charge in [0.15, 0.2) is 0 Å². The van der Waals surface area contributed by atoms with Crippen molar-refractivity contribution in [1.29, 1.82) is 0 Å². The predicted octanol–water partition coefficient (Wildman–Crippen LogP) is 1.71. The molecule has 0 saturated carbocycles. The molecule has 4 heteroatoms. The molecule has 98 valence electrons. The third-order valence-corrected chi connectivity index (χ3v) is 3.42. The van der Waals surface area contributed by atoms with Crippen molar-refractivity contribution in [3.05, 3.63) is 29.8 Å². The largest absolute Gasteiger partial charge is 0.496 e. The van der Waals surface area contributed by atoms with Gasteiger partial charge in [0.1, 0.15) is 5.75 Å². The second-order valence-electron chi connectivity index (χ2n) is 4.72. The Kier molecular flexibility index (Phi) is 3.87. The monoisotopic (exact) mass is 248 g/mol. The number of carbonyl (C=O) groups is 1. The average Bonchev–Trinajstić information content (AvgIpc) is 2.86. The zero-order chi connectivity index (χ0) is 13.1. The summed E-state index contributed by atoms with van der Waals surface area (Å²) in [6.45, 7) is 2.52. The lowest BCUT2D eigenvalue weighted by Crippen LogP contribution is -2.41. The van der Waals surface area contributed by atoms with Crippen LogP contribution in [0.25, 0.3) is 0 Å². The van der Waals surface area contributed by atoms with Crippen LogP contribution in [0, 0.1) is 0 Å². The Bertz CT molecular complexity index is 432. The van der Waals surface area contributed by atoms with Crippen molar-refractivity contribution in [2.75, 3.05) is 13.7 Å². The molecular weight excluding hydrogens is 228 g/mol. The van der Waals surface area contributed by atoms with E-state index < -0.39 is 6.04 Å². The molecule has 2 atom stereocenters. The average molecular weight is 248 g/mol. The zero-order valence-electron chi connectivity index (χ0n) is 10.9. The van der Waals surface area contributed by atoms with Gasteiger partial charge in [0.2, 0.25) is 5.91 Å². The molecule has 0 bridgehead atoms. The molecule has 1 aromatic rings. The summed E-state index contributed by atoms with van der Waals surface area (Å²) in [4.78, 5) is 14.0. The SMILES string of the molecule is COc1ccccc1C1CCCN1C(=O)[C@H](C)N. The highest BCUT2D eigenvalue weighted by atomic mass is 16.5. The van der Waals surface area contributed by atoms with Gasteiger partial charge in [0.05, 0.1) is 19.2 Å². The highest BCUT2D eigenvalue weighted by molar-refractivity contribution is 5.82. The molecule has 1 aromatic carbocycles. The Hall–Kier alpha value is -1.55. The van der Waals surface area contributed by atoms with Gasteiger partial charge in [-0.2, -0.15) is 0 Å². The van der Waals surface area contributed by atoms with E-state index in [0.29, 0.717) is 0 Å². The highest BCUT2D eigenvalue weighted by Crippen LogP contribution is 2.36. The third-order valence-electron chi connectivity index (χ3n) is 3.42. The normalized spacial score (nSPS) is 20.8. The number of ether oxygens (including phenoxy) is 1. The van der Waals surface area contributed by atoms with Crippen LogP contribution in [0.2, 0.25) is 0 Å². The molecule has 4 nitrogen and oxygen atoms in total. The molecule has 1 heterocycles. The third kappa shape index (κ3) is 2.34. The highest BCUT2D eigenvalue weighted by Gasteiger charge is 2.32. The smallest absolute Gasteiger partial charge is 0.239 e. The number of methoxy groups -OCH3 is 1. The van der Waals surface area contributed by atoms with Crippen LogP contribution in [0.4, 0.5) is 0 Å². The van der Waals surface area contributed by atoms with Crippen LogP contribution in [-0.2, 0) is 4.79 Å². The lowest BCUT2D eigenvalue weighted by atomic mass is 10.0. The summed E-state index contributed by atoms with van der Waals surface area (Å²) in [5.41, 5.74) is 6.78. The van der Waals surface area contributed by atoms with Crippen molar-refractivity contribution in [1.82, 2.24) is 4.90 Å². The van der Waals surface area contributed by atoms with Crippen LogP contribution in [0.5, 0.6) is 5.75 Å². The second-order valence-corrected chi connectivity index (χ2v) is 4.72. The van der Waals surface area contributed by atoms with Crippen molar-refractivity contribution in [2.45, 2.75) is 31.8 Å². The van der Waals surface area contributed by atoms with Gasteiger partial charge in [-0.05, 0) is 25.8 Å². The fourth-order valence-electron chi connectivity index (χ4n) is 2.56. The minimum atomic E-state index is -0.444. The summed E-state index contributed by atoms with van der Waals surface area (Å²) < 4.78 is 5.38. The van der Waals surface area contributed by atoms with Gasteiger partial charge in [0, 0.05) is 12.1 Å². The Balaban J connectivity index is 2.29. The summed E-state index contributed by atoms with van der Waals surface area (Å²) in [6.07, 6.45) is 1.99. The number of para-hydroxylation sites is 1. The van der Waals surface area contributed by atoms with E-state index in [1.807, 2.05) is 29.2 Å². The summed E-state index contributed by atoms with van der Waals surface area (Å²) in [5.74, 6) is 0.857. The number of likely N-dealkylation sites (tertiary alicyclic amines) is 1. The van der Waals surface area contributed by atoms with Crippen LogP contribution in [-0.4, -0.2) is 30.5 Å². The first-order valence-electron chi connectivity index (χ1n) is 6.34. The molecule has 0 aliphatic carbocycles. The van der Waals surface area contributed by atoms with E-state index in [1.54, 1.807) is 14.0 Å². The molecule has 0 radical (unpaired) electrons. The molecular formula is C14H20N2O2. The van der Waals surface area contributed by atoms with Crippen LogP contribution < -0.4 is 10.5 Å². The molecule has 1 saturated heterocycles. The summed E-state index contributed by atoms with van der Waals surface area (Å²) in [7, 11) is 1.66. The lowest BCUT2D eigenvalue weighted by Gasteiger charge is -2.27. The van der Waals surface area contributed by atoms with E-state index in [4.69, 9.17) is 10.5 Å². The van der Waals surface area contributed by atoms with Gasteiger partial charge in [-0.15, -0.1) is 0 Å². The van der Waals surface area contributed by atoms with Crippen LogP contribution in [0.3, 0.4) is 0 Å². The Morgan fingerprint density at radius 2 is 2.22 bits per heavy atom. The number of nitrogens with zero attached hydrogens (tertiary/aromatic N) is 1. The predicted molar refractivity (Wildman–Crippen MR) is 70.3 cm³/mol. The standard InChI is InChI=1S/C14H20N2O2/c1-10(15)14(17)16-9-5-7-12(16)11-6-3-4-8-13(11)18-2/h3-4,6,8,10,12H,5,7,9,15H2,1-2H3/t10-,12?/m0/s1. The van der Waals surface area contributed by atoms with Gasteiger partial charge in [-0.25, -0.2) is 0 Å². The first kappa shape index (κ1) is 12.9. The number of nitrogens with two attached hydrogens (primary N) is 1. The Labute approximate surface area is 108 Å². The van der Waals surface area contributed by atoms with Crippen molar-refractivity contribution in [2.24, 2.45) is 5.73 Å². The van der Waals surface area contributed by atoms with E-state index in [9.17, 15) is 4.79 Å². The minimum Gasteiger partial charge on any atom is -0.496 e. The molecule has 2 N–H and O–H groups in total. The van der Waals surface area contributed by atoms with E-state index >= 15 is 0 Å². The molecule has 0 spiro atoms. The summed E-state index contributed by atoms with van der Waals surface area (Å²) >= 11 is 0. The Morgan fingerprint density at radius 3 is 2.89 bits per heavy atom. The first-order chi connectivity index (χ1) is 8.65. The van der Waals surface area contributed by atoms with E-state index in [1.165, 1.54) is 0 Å². The maximum atomic E-state index is 12.1. The number of hydrogen-bond acceptors (Lipinski definition) is 3. The van der Waals surface area contributed by atoms with Crippen LogP contribution >= 0.6 is 0 Å². The van der Waals surface area contributed by atoms with Gasteiger partial charge >= 0.3 is 0 Å². The fourth-order valence-corrected chi connectivity index (χ4v) is 2.56. The van der Waals surface area contributed by atoms with Gasteiger partial charge < -0.3 is 15.4 Å². The van der Waals surface area contributed by atoms with Crippen LogP contribution in [0.1, 0.15) is 31.4 Å². The maximum absolute atomic E-state index is 12.1. The minimum absolute atomic E-state index is 0.0170. The van der Waals surface area contributed by atoms with Crippen molar-refractivity contribution >= 4 is 5.91 Å². The molecule has 1 unspecified atom stereocenters. The summed E-state index contributed by atoms with van der Waals surface area (Å²) in [6, 6.07) is 7.53. The first-order valence-corrected chi connectivity index (χ1v) is 6.34. The van der Waals surface area contributed by atoms with Gasteiger partial charge in [-0.3, -0.25) is 4.79 Å². The molecule has 1 amide bonds. The zero-order valence-corrected chi connectivity index (χ0v) is 10.9. The second kappa shape index (κ2) is 5.40. The quantitative estimate of drug-likeness (QED) is 0.886. The molecule has 0 aromatic heterocycles. The molecule has 1 fully saturated rings. The number of carbonyl (C=O) groups excluding carboxylic acids is 1. The molecule has 1 aliphatic rings. The van der Waals surface area contributed by atoms with E-state index in [0.717, 1.165) is 30.7 Å². The fraction of sp³-hybridized carbons (Fsp3) is 0.500. The van der Waals surface area contributed by atoms with E-state index in [-0.39, 0.29) is 11.9 Å². The van der Waals surface area contributed by atoms with Gasteiger partial charge in [0.25, 0.3) is 0 Å². The van der Waals surface area contributed by atoms with Crippen molar-refractivity contribution in [3.63, 3.8) is 0 Å². The molecule has 2 rings (SSSR count). The number of rotatable bonds is 3. The van der Waals surface area contributed by atoms with Crippen molar-refractivity contribution < 1.29 is 9.53 Å².